The minimum Gasteiger partial charge on any atom is -0.486 e. The van der Waals surface area contributed by atoms with Gasteiger partial charge in [0, 0.05) is 23.1 Å². The van der Waals surface area contributed by atoms with Gasteiger partial charge >= 0.3 is 0 Å². The molecule has 0 spiro atoms. The van der Waals surface area contributed by atoms with Crippen LogP contribution in [0.1, 0.15) is 24.0 Å². The summed E-state index contributed by atoms with van der Waals surface area (Å²) in [6.07, 6.45) is 2.31. The first-order chi connectivity index (χ1) is 8.09. The van der Waals surface area contributed by atoms with Crippen molar-refractivity contribution in [3.05, 3.63) is 22.2 Å². The van der Waals surface area contributed by atoms with E-state index in [2.05, 4.69) is 0 Å². The molecule has 1 fully saturated rings. The van der Waals surface area contributed by atoms with E-state index in [0.29, 0.717) is 30.4 Å². The van der Waals surface area contributed by atoms with Crippen LogP contribution < -0.4 is 9.47 Å². The lowest BCUT2D eigenvalue weighted by molar-refractivity contribution is 0.143. The van der Waals surface area contributed by atoms with Gasteiger partial charge in [-0.15, -0.1) is 0 Å². The highest BCUT2D eigenvalue weighted by Gasteiger charge is 2.42. The van der Waals surface area contributed by atoms with Gasteiger partial charge in [0.15, 0.2) is 11.5 Å². The van der Waals surface area contributed by atoms with Crippen LogP contribution in [0.4, 0.5) is 0 Å². The van der Waals surface area contributed by atoms with E-state index in [4.69, 9.17) is 21.1 Å². The second kappa shape index (κ2) is 3.79. The standard InChI is InChI=1S/C13H15ClO3/c1-8-9(7-13(15)2-3-13)12-11(6-10(8)14)16-4-5-17-12/h6,15H,2-5,7H2,1H3. The van der Waals surface area contributed by atoms with E-state index in [9.17, 15) is 5.11 Å². The van der Waals surface area contributed by atoms with Gasteiger partial charge in [-0.05, 0) is 25.3 Å². The van der Waals surface area contributed by atoms with E-state index in [1.165, 1.54) is 0 Å². The molecule has 3 nitrogen and oxygen atoms in total. The van der Waals surface area contributed by atoms with Crippen LogP contribution in [0.15, 0.2) is 6.07 Å². The maximum absolute atomic E-state index is 10.1. The number of fused-ring (bicyclic) bond motifs is 1. The predicted octanol–water partition coefficient (Wildman–Crippen LogP) is 2.49. The molecule has 0 unspecified atom stereocenters. The summed E-state index contributed by atoms with van der Waals surface area (Å²) in [4.78, 5) is 0. The van der Waals surface area contributed by atoms with Crippen molar-refractivity contribution in [1.82, 2.24) is 0 Å². The molecule has 0 bridgehead atoms. The summed E-state index contributed by atoms with van der Waals surface area (Å²) in [6.45, 7) is 3.07. The van der Waals surface area contributed by atoms with Crippen molar-refractivity contribution in [2.24, 2.45) is 0 Å². The molecule has 1 saturated carbocycles. The topological polar surface area (TPSA) is 38.7 Å². The van der Waals surface area contributed by atoms with Crippen molar-refractivity contribution in [3.8, 4) is 11.5 Å². The van der Waals surface area contributed by atoms with Crippen molar-refractivity contribution < 1.29 is 14.6 Å². The zero-order chi connectivity index (χ0) is 12.0. The number of benzene rings is 1. The van der Waals surface area contributed by atoms with Crippen LogP contribution in [-0.2, 0) is 6.42 Å². The zero-order valence-corrected chi connectivity index (χ0v) is 10.5. The van der Waals surface area contributed by atoms with Crippen molar-refractivity contribution in [2.75, 3.05) is 13.2 Å². The molecule has 3 rings (SSSR count). The number of rotatable bonds is 2. The Morgan fingerprint density at radius 1 is 1.35 bits per heavy atom. The third-order valence-electron chi connectivity index (χ3n) is 3.49. The van der Waals surface area contributed by atoms with Gasteiger partial charge in [0.2, 0.25) is 0 Å². The van der Waals surface area contributed by atoms with Crippen molar-refractivity contribution in [1.29, 1.82) is 0 Å². The largest absolute Gasteiger partial charge is 0.486 e. The summed E-state index contributed by atoms with van der Waals surface area (Å²) < 4.78 is 11.2. The summed E-state index contributed by atoms with van der Waals surface area (Å²) in [7, 11) is 0. The molecule has 0 aromatic heterocycles. The summed E-state index contributed by atoms with van der Waals surface area (Å²) in [6, 6.07) is 1.80. The van der Waals surface area contributed by atoms with E-state index < -0.39 is 5.60 Å². The lowest BCUT2D eigenvalue weighted by atomic mass is 9.99. The number of halogens is 1. The summed E-state index contributed by atoms with van der Waals surface area (Å²) >= 11 is 6.18. The molecule has 0 saturated heterocycles. The molecule has 1 aromatic carbocycles. The highest BCUT2D eigenvalue weighted by atomic mass is 35.5. The van der Waals surface area contributed by atoms with Crippen LogP contribution in [0.3, 0.4) is 0 Å². The third kappa shape index (κ3) is 1.98. The van der Waals surface area contributed by atoms with Crippen LogP contribution in [0, 0.1) is 6.92 Å². The van der Waals surface area contributed by atoms with Gasteiger partial charge in [-0.1, -0.05) is 11.6 Å². The predicted molar refractivity (Wildman–Crippen MR) is 65.1 cm³/mol. The van der Waals surface area contributed by atoms with Crippen molar-refractivity contribution in [3.63, 3.8) is 0 Å². The van der Waals surface area contributed by atoms with Crippen LogP contribution in [0.5, 0.6) is 11.5 Å². The molecular weight excluding hydrogens is 240 g/mol. The quantitative estimate of drug-likeness (QED) is 0.881. The van der Waals surface area contributed by atoms with Gasteiger partial charge in [0.05, 0.1) is 5.60 Å². The van der Waals surface area contributed by atoms with Crippen LogP contribution in [0.25, 0.3) is 0 Å². The number of hydrogen-bond donors (Lipinski definition) is 1. The first kappa shape index (κ1) is 11.2. The minimum absolute atomic E-state index is 0.552. The van der Waals surface area contributed by atoms with E-state index in [-0.39, 0.29) is 0 Å². The van der Waals surface area contributed by atoms with Crippen molar-refractivity contribution >= 4 is 11.6 Å². The van der Waals surface area contributed by atoms with Gasteiger partial charge in [-0.3, -0.25) is 0 Å². The van der Waals surface area contributed by atoms with Gasteiger partial charge in [-0.2, -0.15) is 0 Å². The highest BCUT2D eigenvalue weighted by Crippen LogP contribution is 2.46. The second-order valence-corrected chi connectivity index (χ2v) is 5.29. The monoisotopic (exact) mass is 254 g/mol. The van der Waals surface area contributed by atoms with Gasteiger partial charge in [0.25, 0.3) is 0 Å². The summed E-state index contributed by atoms with van der Waals surface area (Å²) in [5, 5.41) is 10.7. The molecule has 0 radical (unpaired) electrons. The average Bonchev–Trinajstić information content (AvgIpc) is 3.03. The zero-order valence-electron chi connectivity index (χ0n) is 9.75. The lowest BCUT2D eigenvalue weighted by Gasteiger charge is -2.24. The average molecular weight is 255 g/mol. The van der Waals surface area contributed by atoms with E-state index in [1.807, 2.05) is 6.92 Å². The number of aliphatic hydroxyl groups is 1. The van der Waals surface area contributed by atoms with E-state index in [0.717, 1.165) is 29.7 Å². The molecule has 1 aromatic rings. The smallest absolute Gasteiger partial charge is 0.165 e. The molecular formula is C13H15ClO3. The maximum Gasteiger partial charge on any atom is 0.165 e. The fourth-order valence-electron chi connectivity index (χ4n) is 2.18. The SMILES string of the molecule is Cc1c(Cl)cc2c(c1CC1(O)CC1)OCCO2. The molecule has 0 amide bonds. The normalized spacial score (nSPS) is 20.2. The number of hydrogen-bond acceptors (Lipinski definition) is 3. The molecule has 4 heteroatoms. The Morgan fingerprint density at radius 3 is 2.76 bits per heavy atom. The Bertz CT molecular complexity index is 466. The second-order valence-electron chi connectivity index (χ2n) is 4.89. The molecule has 1 heterocycles. The Morgan fingerprint density at radius 2 is 2.06 bits per heavy atom. The molecule has 0 atom stereocenters. The molecule has 1 N–H and O–H groups in total. The summed E-state index contributed by atoms with van der Waals surface area (Å²) in [5.41, 5.74) is 1.42. The van der Waals surface area contributed by atoms with Gasteiger partial charge in [-0.25, -0.2) is 0 Å². The molecule has 2 aliphatic rings. The Labute approximate surface area is 105 Å². The first-order valence-corrected chi connectivity index (χ1v) is 6.27. The molecule has 17 heavy (non-hydrogen) atoms. The van der Waals surface area contributed by atoms with Crippen LogP contribution >= 0.6 is 11.6 Å². The maximum atomic E-state index is 10.1. The number of ether oxygens (including phenoxy) is 2. The van der Waals surface area contributed by atoms with E-state index >= 15 is 0 Å². The van der Waals surface area contributed by atoms with Gasteiger partial charge < -0.3 is 14.6 Å². The molecule has 1 aliphatic carbocycles. The Kier molecular flexibility index (Phi) is 2.49. The molecule has 1 aliphatic heterocycles. The lowest BCUT2D eigenvalue weighted by Crippen LogP contribution is -2.20. The van der Waals surface area contributed by atoms with Gasteiger partial charge in [0.1, 0.15) is 13.2 Å². The van der Waals surface area contributed by atoms with Crippen LogP contribution in [-0.4, -0.2) is 23.9 Å². The Balaban J connectivity index is 2.06. The summed E-state index contributed by atoms with van der Waals surface area (Å²) in [5.74, 6) is 1.46. The molecule has 92 valence electrons. The Hall–Kier alpha value is -0.930. The first-order valence-electron chi connectivity index (χ1n) is 5.89. The minimum atomic E-state index is -0.552. The fourth-order valence-corrected chi connectivity index (χ4v) is 2.39. The third-order valence-corrected chi connectivity index (χ3v) is 3.88. The van der Waals surface area contributed by atoms with Crippen molar-refractivity contribution in [2.45, 2.75) is 31.8 Å². The van der Waals surface area contributed by atoms with Crippen LogP contribution in [0.2, 0.25) is 5.02 Å². The van der Waals surface area contributed by atoms with E-state index in [1.54, 1.807) is 6.07 Å². The fraction of sp³-hybridized carbons (Fsp3) is 0.538. The highest BCUT2D eigenvalue weighted by molar-refractivity contribution is 6.31.